The van der Waals surface area contributed by atoms with E-state index in [2.05, 4.69) is 5.32 Å². The van der Waals surface area contributed by atoms with Crippen LogP contribution in [-0.4, -0.2) is 15.0 Å². The van der Waals surface area contributed by atoms with E-state index in [0.717, 1.165) is 23.4 Å². The fourth-order valence-electron chi connectivity index (χ4n) is 0.864. The molecule has 1 rings (SSSR count). The Morgan fingerprint density at radius 3 is 2.77 bits per heavy atom. The van der Waals surface area contributed by atoms with E-state index in [1.165, 1.54) is 0 Å². The third kappa shape index (κ3) is 3.07. The Morgan fingerprint density at radius 1 is 1.62 bits per heavy atom. The molecule has 0 spiro atoms. The van der Waals surface area contributed by atoms with Gasteiger partial charge in [-0.1, -0.05) is 6.92 Å². The van der Waals surface area contributed by atoms with Gasteiger partial charge in [0.15, 0.2) is 0 Å². The van der Waals surface area contributed by atoms with Crippen LogP contribution in [-0.2, 0) is 16.6 Å². The Balaban J connectivity index is 2.76. The maximum Gasteiger partial charge on any atom is 0.247 e. The van der Waals surface area contributed by atoms with E-state index in [4.69, 9.17) is 5.14 Å². The second-order valence-corrected chi connectivity index (χ2v) is 5.30. The number of thiophene rings is 1. The first-order valence-corrected chi connectivity index (χ1v) is 6.27. The summed E-state index contributed by atoms with van der Waals surface area (Å²) in [4.78, 5) is 0. The highest BCUT2D eigenvalue weighted by Crippen LogP contribution is 2.18. The zero-order chi connectivity index (χ0) is 9.90. The third-order valence-electron chi connectivity index (χ3n) is 1.49. The van der Waals surface area contributed by atoms with Crippen molar-refractivity contribution in [3.63, 3.8) is 0 Å². The van der Waals surface area contributed by atoms with E-state index in [-0.39, 0.29) is 4.21 Å². The topological polar surface area (TPSA) is 72.2 Å². The number of sulfonamides is 1. The largest absolute Gasteiger partial charge is 0.313 e. The fourth-order valence-corrected chi connectivity index (χ4v) is 2.50. The number of nitrogens with one attached hydrogen (secondary N) is 1. The molecule has 0 atom stereocenters. The van der Waals surface area contributed by atoms with Gasteiger partial charge in [0.2, 0.25) is 10.0 Å². The zero-order valence-electron chi connectivity index (χ0n) is 7.28. The van der Waals surface area contributed by atoms with Gasteiger partial charge >= 0.3 is 0 Å². The first-order valence-electron chi connectivity index (χ1n) is 3.85. The van der Waals surface area contributed by atoms with Crippen LogP contribution in [0.2, 0.25) is 0 Å². The molecule has 0 unspecified atom stereocenters. The molecule has 3 N–H and O–H groups in total. The smallest absolute Gasteiger partial charge is 0.247 e. The average Bonchev–Trinajstić information content (AvgIpc) is 2.47. The Bertz CT molecular complexity index is 370. The number of hydrogen-bond acceptors (Lipinski definition) is 4. The summed E-state index contributed by atoms with van der Waals surface area (Å²) in [5.41, 5.74) is 0.955. The van der Waals surface area contributed by atoms with Gasteiger partial charge in [-0.3, -0.25) is 0 Å². The summed E-state index contributed by atoms with van der Waals surface area (Å²) in [6.45, 7) is 3.54. The molecule has 0 aliphatic carbocycles. The van der Waals surface area contributed by atoms with Gasteiger partial charge in [-0.05, 0) is 23.6 Å². The van der Waals surface area contributed by atoms with Crippen LogP contribution in [0.1, 0.15) is 12.5 Å². The normalized spacial score (nSPS) is 11.8. The van der Waals surface area contributed by atoms with Crippen LogP contribution in [0.5, 0.6) is 0 Å². The van der Waals surface area contributed by atoms with Crippen molar-refractivity contribution in [1.29, 1.82) is 0 Å². The quantitative estimate of drug-likeness (QED) is 0.776. The van der Waals surface area contributed by atoms with Crippen LogP contribution >= 0.6 is 11.3 Å². The molecular weight excluding hydrogens is 208 g/mol. The SMILES string of the molecule is CCNCc1csc(S(N)(=O)=O)c1. The van der Waals surface area contributed by atoms with Gasteiger partial charge in [-0.25, -0.2) is 13.6 Å². The first kappa shape index (κ1) is 10.6. The number of hydrogen-bond donors (Lipinski definition) is 2. The monoisotopic (exact) mass is 220 g/mol. The van der Waals surface area contributed by atoms with Gasteiger partial charge in [0.25, 0.3) is 0 Å². The van der Waals surface area contributed by atoms with Crippen LogP contribution in [0.15, 0.2) is 15.7 Å². The molecule has 6 heteroatoms. The zero-order valence-corrected chi connectivity index (χ0v) is 8.91. The van der Waals surface area contributed by atoms with Crippen molar-refractivity contribution in [3.05, 3.63) is 17.0 Å². The van der Waals surface area contributed by atoms with Gasteiger partial charge in [0.1, 0.15) is 4.21 Å². The lowest BCUT2D eigenvalue weighted by atomic mass is 10.3. The average molecular weight is 220 g/mol. The number of rotatable bonds is 4. The minimum atomic E-state index is -3.52. The Kier molecular flexibility index (Phi) is 3.43. The van der Waals surface area contributed by atoms with Crippen molar-refractivity contribution in [2.75, 3.05) is 6.54 Å². The van der Waals surface area contributed by atoms with Crippen molar-refractivity contribution in [2.24, 2.45) is 5.14 Å². The molecule has 1 aromatic heterocycles. The third-order valence-corrected chi connectivity index (χ3v) is 3.92. The molecule has 0 amide bonds. The minimum Gasteiger partial charge on any atom is -0.313 e. The van der Waals surface area contributed by atoms with Crippen LogP contribution in [0.4, 0.5) is 0 Å². The van der Waals surface area contributed by atoms with Crippen LogP contribution in [0.3, 0.4) is 0 Å². The van der Waals surface area contributed by atoms with E-state index in [1.807, 2.05) is 6.92 Å². The highest BCUT2D eigenvalue weighted by molar-refractivity contribution is 7.91. The number of nitrogens with two attached hydrogens (primary N) is 1. The molecule has 0 radical (unpaired) electrons. The lowest BCUT2D eigenvalue weighted by Gasteiger charge is -1.95. The van der Waals surface area contributed by atoms with Gasteiger partial charge in [0, 0.05) is 6.54 Å². The van der Waals surface area contributed by atoms with Gasteiger partial charge in [0.05, 0.1) is 0 Å². The molecule has 13 heavy (non-hydrogen) atoms. The maximum atomic E-state index is 10.9. The Labute approximate surface area is 81.8 Å². The van der Waals surface area contributed by atoms with Crippen LogP contribution in [0, 0.1) is 0 Å². The summed E-state index contributed by atoms with van der Waals surface area (Å²) in [5.74, 6) is 0. The van der Waals surface area contributed by atoms with Crippen molar-refractivity contribution in [1.82, 2.24) is 5.32 Å². The summed E-state index contributed by atoms with van der Waals surface area (Å²) in [7, 11) is -3.52. The maximum absolute atomic E-state index is 10.9. The van der Waals surface area contributed by atoms with Crippen molar-refractivity contribution >= 4 is 21.4 Å². The van der Waals surface area contributed by atoms with Crippen LogP contribution < -0.4 is 10.5 Å². The lowest BCUT2D eigenvalue weighted by molar-refractivity contribution is 0.599. The molecule has 0 aliphatic heterocycles. The molecule has 4 nitrogen and oxygen atoms in total. The molecule has 1 heterocycles. The van der Waals surface area contributed by atoms with E-state index in [9.17, 15) is 8.42 Å². The predicted molar refractivity (Wildman–Crippen MR) is 53.1 cm³/mol. The molecule has 0 aliphatic rings. The van der Waals surface area contributed by atoms with E-state index < -0.39 is 10.0 Å². The summed E-state index contributed by atoms with van der Waals surface area (Å²) in [6.07, 6.45) is 0. The molecule has 0 aromatic carbocycles. The molecule has 0 bridgehead atoms. The molecule has 0 saturated carbocycles. The highest BCUT2D eigenvalue weighted by atomic mass is 32.2. The standard InChI is InChI=1S/C7H12N2O2S2/c1-2-9-4-6-3-7(12-5-6)13(8,10)11/h3,5,9H,2,4H2,1H3,(H2,8,10,11). The van der Waals surface area contributed by atoms with Gasteiger partial charge in [-0.15, -0.1) is 11.3 Å². The molecule has 0 saturated heterocycles. The van der Waals surface area contributed by atoms with E-state index in [0.29, 0.717) is 6.54 Å². The Morgan fingerprint density at radius 2 is 2.31 bits per heavy atom. The molecule has 74 valence electrons. The second-order valence-electron chi connectivity index (χ2n) is 2.60. The molecule has 0 fully saturated rings. The summed E-state index contributed by atoms with van der Waals surface area (Å²) in [6, 6.07) is 1.60. The predicted octanol–water partition coefficient (Wildman–Crippen LogP) is 0.505. The summed E-state index contributed by atoms with van der Waals surface area (Å²) in [5, 5.41) is 9.86. The van der Waals surface area contributed by atoms with Crippen molar-refractivity contribution < 1.29 is 8.42 Å². The Hall–Kier alpha value is -0.430. The van der Waals surface area contributed by atoms with Crippen molar-refractivity contribution in [3.8, 4) is 0 Å². The first-order chi connectivity index (χ1) is 6.04. The highest BCUT2D eigenvalue weighted by Gasteiger charge is 2.10. The van der Waals surface area contributed by atoms with Gasteiger partial charge in [-0.2, -0.15) is 0 Å². The summed E-state index contributed by atoms with van der Waals surface area (Å²) < 4.78 is 22.0. The summed E-state index contributed by atoms with van der Waals surface area (Å²) >= 11 is 1.15. The minimum absolute atomic E-state index is 0.223. The molecule has 1 aromatic rings. The van der Waals surface area contributed by atoms with Gasteiger partial charge < -0.3 is 5.32 Å². The van der Waals surface area contributed by atoms with Crippen molar-refractivity contribution in [2.45, 2.75) is 17.7 Å². The van der Waals surface area contributed by atoms with E-state index >= 15 is 0 Å². The van der Waals surface area contributed by atoms with E-state index in [1.54, 1.807) is 11.4 Å². The second kappa shape index (κ2) is 4.19. The fraction of sp³-hybridized carbons (Fsp3) is 0.429. The lowest BCUT2D eigenvalue weighted by Crippen LogP contribution is -2.12. The van der Waals surface area contributed by atoms with Crippen LogP contribution in [0.25, 0.3) is 0 Å². The number of primary sulfonamides is 1. The molecular formula is C7H12N2O2S2.